The second kappa shape index (κ2) is 7.44. The van der Waals surface area contributed by atoms with Crippen LogP contribution >= 0.6 is 0 Å². The lowest BCUT2D eigenvalue weighted by molar-refractivity contribution is 0.235. The predicted molar refractivity (Wildman–Crippen MR) is 70.5 cm³/mol. The summed E-state index contributed by atoms with van der Waals surface area (Å²) in [5.74, 6) is -0.727. The highest BCUT2D eigenvalue weighted by Crippen LogP contribution is 2.11. The number of halogens is 2. The normalized spacial score (nSPS) is 11.5. The first-order valence-electron chi connectivity index (χ1n) is 6.41. The molecule has 0 heterocycles. The molecule has 18 heavy (non-hydrogen) atoms. The second-order valence-corrected chi connectivity index (χ2v) is 4.50. The topological polar surface area (TPSA) is 6.48 Å². The van der Waals surface area contributed by atoms with Gasteiger partial charge < -0.3 is 9.80 Å². The number of rotatable bonds is 7. The molecular weight excluding hydrogens is 234 g/mol. The van der Waals surface area contributed by atoms with Gasteiger partial charge in [0, 0.05) is 25.2 Å². The van der Waals surface area contributed by atoms with Gasteiger partial charge in [0.1, 0.15) is 11.6 Å². The summed E-state index contributed by atoms with van der Waals surface area (Å²) in [5.41, 5.74) is 0.414. The summed E-state index contributed by atoms with van der Waals surface area (Å²) in [7, 11) is 1.92. The van der Waals surface area contributed by atoms with E-state index >= 15 is 0 Å². The lowest BCUT2D eigenvalue weighted by atomic mass is 10.2. The maximum atomic E-state index is 13.5. The zero-order valence-corrected chi connectivity index (χ0v) is 11.4. The van der Waals surface area contributed by atoms with E-state index in [-0.39, 0.29) is 11.6 Å². The molecule has 1 aromatic carbocycles. The molecule has 0 aromatic heterocycles. The molecule has 0 atom stereocenters. The van der Waals surface area contributed by atoms with Gasteiger partial charge >= 0.3 is 0 Å². The van der Waals surface area contributed by atoms with Gasteiger partial charge in [-0.1, -0.05) is 13.8 Å². The van der Waals surface area contributed by atoms with Crippen LogP contribution in [0.2, 0.25) is 0 Å². The van der Waals surface area contributed by atoms with Crippen LogP contribution in [0.3, 0.4) is 0 Å². The molecule has 1 aromatic rings. The molecule has 0 bridgehead atoms. The van der Waals surface area contributed by atoms with E-state index in [1.807, 2.05) is 11.9 Å². The summed E-state index contributed by atoms with van der Waals surface area (Å²) in [4.78, 5) is 4.31. The Balaban J connectivity index is 2.48. The van der Waals surface area contributed by atoms with Gasteiger partial charge in [-0.05, 0) is 38.3 Å². The van der Waals surface area contributed by atoms with Crippen LogP contribution in [0.5, 0.6) is 0 Å². The van der Waals surface area contributed by atoms with Crippen molar-refractivity contribution in [3.63, 3.8) is 0 Å². The molecule has 0 N–H and O–H groups in total. The van der Waals surface area contributed by atoms with Crippen molar-refractivity contribution in [2.75, 3.05) is 33.2 Å². The average Bonchev–Trinajstić information content (AvgIpc) is 2.35. The van der Waals surface area contributed by atoms with E-state index in [0.29, 0.717) is 12.1 Å². The molecule has 102 valence electrons. The molecule has 0 unspecified atom stereocenters. The maximum absolute atomic E-state index is 13.5. The Morgan fingerprint density at radius 2 is 1.72 bits per heavy atom. The van der Waals surface area contributed by atoms with E-state index in [2.05, 4.69) is 18.7 Å². The van der Waals surface area contributed by atoms with Crippen LogP contribution in [-0.4, -0.2) is 43.0 Å². The van der Waals surface area contributed by atoms with Gasteiger partial charge in [-0.2, -0.15) is 0 Å². The van der Waals surface area contributed by atoms with Crippen LogP contribution in [0.25, 0.3) is 0 Å². The van der Waals surface area contributed by atoms with Crippen molar-refractivity contribution >= 4 is 0 Å². The number of benzene rings is 1. The molecule has 0 aliphatic rings. The molecule has 0 aliphatic carbocycles. The smallest absolute Gasteiger partial charge is 0.127 e. The minimum atomic E-state index is -0.386. The molecule has 1 rings (SSSR count). The van der Waals surface area contributed by atoms with Gasteiger partial charge in [-0.25, -0.2) is 8.78 Å². The lowest BCUT2D eigenvalue weighted by Crippen LogP contribution is -2.33. The van der Waals surface area contributed by atoms with Crippen molar-refractivity contribution in [3.8, 4) is 0 Å². The predicted octanol–water partition coefficient (Wildman–Crippen LogP) is 2.74. The van der Waals surface area contributed by atoms with Crippen molar-refractivity contribution in [3.05, 3.63) is 35.4 Å². The van der Waals surface area contributed by atoms with Crippen molar-refractivity contribution in [1.29, 1.82) is 0 Å². The highest BCUT2D eigenvalue weighted by atomic mass is 19.1. The van der Waals surface area contributed by atoms with E-state index in [0.717, 1.165) is 32.2 Å². The first kappa shape index (κ1) is 15.1. The third-order valence-corrected chi connectivity index (χ3v) is 3.14. The quantitative estimate of drug-likeness (QED) is 0.740. The molecule has 0 spiro atoms. The van der Waals surface area contributed by atoms with E-state index in [1.54, 1.807) is 0 Å². The Bertz CT molecular complexity index is 365. The largest absolute Gasteiger partial charge is 0.303 e. The fourth-order valence-electron chi connectivity index (χ4n) is 1.89. The minimum absolute atomic E-state index is 0.342. The van der Waals surface area contributed by atoms with Crippen molar-refractivity contribution < 1.29 is 8.78 Å². The highest BCUT2D eigenvalue weighted by Gasteiger charge is 2.08. The number of hydrogen-bond donors (Lipinski definition) is 0. The van der Waals surface area contributed by atoms with Crippen molar-refractivity contribution in [2.45, 2.75) is 20.4 Å². The Morgan fingerprint density at radius 1 is 1.06 bits per heavy atom. The van der Waals surface area contributed by atoms with Gasteiger partial charge in [0.25, 0.3) is 0 Å². The van der Waals surface area contributed by atoms with E-state index in [4.69, 9.17) is 0 Å². The molecule has 0 saturated carbocycles. The molecule has 0 amide bonds. The number of hydrogen-bond acceptors (Lipinski definition) is 2. The Morgan fingerprint density at radius 3 is 2.33 bits per heavy atom. The number of nitrogens with zero attached hydrogens (tertiary/aromatic N) is 2. The summed E-state index contributed by atoms with van der Waals surface area (Å²) < 4.78 is 26.5. The Labute approximate surface area is 108 Å². The highest BCUT2D eigenvalue weighted by molar-refractivity contribution is 5.18. The molecule has 0 fully saturated rings. The van der Waals surface area contributed by atoms with Gasteiger partial charge in [-0.15, -0.1) is 0 Å². The lowest BCUT2D eigenvalue weighted by Gasteiger charge is -2.23. The molecule has 2 nitrogen and oxygen atoms in total. The summed E-state index contributed by atoms with van der Waals surface area (Å²) in [6.45, 7) is 8.49. The summed E-state index contributed by atoms with van der Waals surface area (Å²) >= 11 is 0. The van der Waals surface area contributed by atoms with Crippen LogP contribution in [0.1, 0.15) is 19.4 Å². The molecule has 0 radical (unpaired) electrons. The third kappa shape index (κ3) is 4.70. The van der Waals surface area contributed by atoms with Gasteiger partial charge in [-0.3, -0.25) is 0 Å². The van der Waals surface area contributed by atoms with Crippen LogP contribution in [-0.2, 0) is 6.54 Å². The molecule has 0 saturated heterocycles. The van der Waals surface area contributed by atoms with Crippen molar-refractivity contribution in [2.24, 2.45) is 0 Å². The van der Waals surface area contributed by atoms with Crippen LogP contribution in [0, 0.1) is 11.6 Å². The van der Waals surface area contributed by atoms with E-state index in [9.17, 15) is 8.78 Å². The first-order valence-corrected chi connectivity index (χ1v) is 6.41. The Hall–Kier alpha value is -1.00. The van der Waals surface area contributed by atoms with E-state index in [1.165, 1.54) is 12.1 Å². The average molecular weight is 256 g/mol. The fourth-order valence-corrected chi connectivity index (χ4v) is 1.89. The second-order valence-electron chi connectivity index (χ2n) is 4.50. The summed E-state index contributed by atoms with van der Waals surface area (Å²) in [5, 5.41) is 0. The summed E-state index contributed by atoms with van der Waals surface area (Å²) in [6, 6.07) is 3.60. The standard InChI is InChI=1S/C14H22F2N2/c1-4-18(5-2)9-8-17(3)11-12-10-13(15)6-7-14(12)16/h6-7,10H,4-5,8-9,11H2,1-3H3. The van der Waals surface area contributed by atoms with Gasteiger partial charge in [0.05, 0.1) is 0 Å². The van der Waals surface area contributed by atoms with E-state index < -0.39 is 0 Å². The zero-order chi connectivity index (χ0) is 13.5. The van der Waals surface area contributed by atoms with Gasteiger partial charge in [0.15, 0.2) is 0 Å². The molecule has 4 heteroatoms. The minimum Gasteiger partial charge on any atom is -0.303 e. The number of likely N-dealkylation sites (N-methyl/N-ethyl adjacent to an activating group) is 2. The maximum Gasteiger partial charge on any atom is 0.127 e. The van der Waals surface area contributed by atoms with Crippen LogP contribution in [0.4, 0.5) is 8.78 Å². The fraction of sp³-hybridized carbons (Fsp3) is 0.571. The molecular formula is C14H22F2N2. The Kier molecular flexibility index (Phi) is 6.22. The summed E-state index contributed by atoms with van der Waals surface area (Å²) in [6.07, 6.45) is 0. The van der Waals surface area contributed by atoms with Crippen LogP contribution in [0.15, 0.2) is 18.2 Å². The third-order valence-electron chi connectivity index (χ3n) is 3.14. The first-order chi connectivity index (χ1) is 8.56. The zero-order valence-electron chi connectivity index (χ0n) is 11.4. The van der Waals surface area contributed by atoms with Crippen molar-refractivity contribution in [1.82, 2.24) is 9.80 Å². The SMILES string of the molecule is CCN(CC)CCN(C)Cc1cc(F)ccc1F. The molecule has 0 aliphatic heterocycles. The monoisotopic (exact) mass is 256 g/mol. The van der Waals surface area contributed by atoms with Gasteiger partial charge in [0.2, 0.25) is 0 Å². The van der Waals surface area contributed by atoms with Crippen LogP contribution < -0.4 is 0 Å².